The predicted molar refractivity (Wildman–Crippen MR) is 160 cm³/mol. The van der Waals surface area contributed by atoms with E-state index in [1.54, 1.807) is 20.3 Å². The van der Waals surface area contributed by atoms with E-state index in [1.165, 1.54) is 12.1 Å². The van der Waals surface area contributed by atoms with E-state index < -0.39 is 0 Å². The lowest BCUT2D eigenvalue weighted by Gasteiger charge is -2.35. The van der Waals surface area contributed by atoms with E-state index in [0.29, 0.717) is 24.4 Å². The minimum Gasteiger partial charge on any atom is -0.380 e. The number of likely N-dealkylation sites (N-methyl/N-ethyl adjacent to an activating group) is 2. The Morgan fingerprint density at radius 3 is 2.59 bits per heavy atom. The highest BCUT2D eigenvalue weighted by atomic mass is 19.1. The number of halogens is 1. The van der Waals surface area contributed by atoms with Gasteiger partial charge in [-0.1, -0.05) is 18.2 Å². The maximum absolute atomic E-state index is 13.8. The van der Waals surface area contributed by atoms with Crippen molar-refractivity contribution in [2.45, 2.75) is 12.6 Å². The third kappa shape index (κ3) is 6.51. The monoisotopic (exact) mass is 560 g/mol. The van der Waals surface area contributed by atoms with Crippen LogP contribution in [-0.2, 0) is 15.9 Å². The molecule has 1 unspecified atom stereocenters. The summed E-state index contributed by atoms with van der Waals surface area (Å²) in [5, 5.41) is 11.2. The number of fused-ring (bicyclic) bond motifs is 1. The molecule has 1 saturated heterocycles. The summed E-state index contributed by atoms with van der Waals surface area (Å²) in [4.78, 5) is 20.3. The van der Waals surface area contributed by atoms with Gasteiger partial charge in [0.15, 0.2) is 12.0 Å². The van der Waals surface area contributed by atoms with Crippen LogP contribution in [0, 0.1) is 5.82 Å². The van der Waals surface area contributed by atoms with E-state index in [0.717, 1.165) is 59.6 Å². The van der Waals surface area contributed by atoms with Gasteiger partial charge in [-0.05, 0) is 67.1 Å². The number of nitrogens with zero attached hydrogens (tertiary/aromatic N) is 4. The zero-order valence-corrected chi connectivity index (χ0v) is 24.0. The lowest BCUT2D eigenvalue weighted by molar-refractivity contribution is 0.0294. The molecule has 1 atom stereocenters. The number of hydrogen-bond donors (Lipinski definition) is 2. The molecule has 9 nitrogen and oxygen atoms in total. The van der Waals surface area contributed by atoms with Crippen molar-refractivity contribution in [2.75, 3.05) is 76.2 Å². The summed E-state index contributed by atoms with van der Waals surface area (Å²) >= 11 is 0. The van der Waals surface area contributed by atoms with Gasteiger partial charge in [0.1, 0.15) is 5.82 Å². The molecule has 2 heterocycles. The normalized spacial score (nSPS) is 14.8. The molecule has 0 bridgehead atoms. The van der Waals surface area contributed by atoms with Crippen LogP contribution >= 0.6 is 0 Å². The first-order chi connectivity index (χ1) is 19.9. The lowest BCUT2D eigenvalue weighted by Crippen LogP contribution is -2.44. The highest BCUT2D eigenvalue weighted by Gasteiger charge is 2.24. The highest BCUT2D eigenvalue weighted by Crippen LogP contribution is 2.30. The molecule has 1 aromatic heterocycles. The zero-order chi connectivity index (χ0) is 28.9. The van der Waals surface area contributed by atoms with Crippen LogP contribution in [0.2, 0.25) is 0 Å². The topological polar surface area (TPSA) is 86.0 Å². The highest BCUT2D eigenvalue weighted by molar-refractivity contribution is 6.11. The molecule has 41 heavy (non-hydrogen) atoms. The third-order valence-electron chi connectivity index (χ3n) is 7.64. The molecule has 4 aromatic rings. The summed E-state index contributed by atoms with van der Waals surface area (Å²) < 4.78 is 24.8. The Morgan fingerprint density at radius 1 is 1.07 bits per heavy atom. The number of benzene rings is 3. The summed E-state index contributed by atoms with van der Waals surface area (Å²) in [6, 6.07) is 18.3. The molecule has 0 saturated carbocycles. The number of methoxy groups -OCH3 is 2. The average Bonchev–Trinajstić information content (AvgIpc) is 3.37. The van der Waals surface area contributed by atoms with E-state index >= 15 is 0 Å². The lowest BCUT2D eigenvalue weighted by atomic mass is 10.0. The van der Waals surface area contributed by atoms with Crippen LogP contribution < -0.4 is 15.1 Å². The summed E-state index contributed by atoms with van der Waals surface area (Å²) in [5.74, 6) is -0.114. The van der Waals surface area contributed by atoms with Crippen molar-refractivity contribution >= 4 is 34.0 Å². The van der Waals surface area contributed by atoms with Gasteiger partial charge in [0.2, 0.25) is 0 Å². The molecule has 1 aliphatic heterocycles. The van der Waals surface area contributed by atoms with Crippen molar-refractivity contribution in [1.82, 2.24) is 15.1 Å². The number of aromatic amines is 1. The Labute approximate surface area is 239 Å². The Kier molecular flexibility index (Phi) is 8.82. The standard InChI is InChI=1S/C31H37FN6O3/c1-36-12-14-38(15-13-36)24-9-10-25(28(19-24)37(2)29(41-4)20-40-3)31(39)33-30-26-18-22(8-11-27(26)34-35-30)16-21-6-5-7-23(32)17-21/h5-11,17-19,29H,12-16,20H2,1-4H3,(H2,33,34,35,39). The fraction of sp³-hybridized carbons (Fsp3) is 0.355. The largest absolute Gasteiger partial charge is 0.380 e. The first-order valence-corrected chi connectivity index (χ1v) is 13.7. The van der Waals surface area contributed by atoms with E-state index in [4.69, 9.17) is 9.47 Å². The van der Waals surface area contributed by atoms with Crippen molar-refractivity contribution in [2.24, 2.45) is 0 Å². The molecule has 5 rings (SSSR count). The van der Waals surface area contributed by atoms with Gasteiger partial charge in [-0.2, -0.15) is 5.10 Å². The molecular weight excluding hydrogens is 523 g/mol. The Morgan fingerprint density at radius 2 is 1.85 bits per heavy atom. The predicted octanol–water partition coefficient (Wildman–Crippen LogP) is 4.35. The van der Waals surface area contributed by atoms with E-state index in [2.05, 4.69) is 32.4 Å². The SMILES string of the molecule is COCC(OC)N(C)c1cc(N2CCN(C)CC2)ccc1C(=O)Nc1n[nH]c2ccc(Cc3cccc(F)c3)cc12. The maximum atomic E-state index is 13.8. The maximum Gasteiger partial charge on any atom is 0.258 e. The van der Waals surface area contributed by atoms with Crippen LogP contribution in [0.5, 0.6) is 0 Å². The second-order valence-electron chi connectivity index (χ2n) is 10.5. The number of carbonyl (C=O) groups excluding carboxylic acids is 1. The number of H-pyrrole nitrogens is 1. The first-order valence-electron chi connectivity index (χ1n) is 13.7. The number of aromatic nitrogens is 2. The van der Waals surface area contributed by atoms with Crippen molar-refractivity contribution in [3.8, 4) is 0 Å². The smallest absolute Gasteiger partial charge is 0.258 e. The number of piperazine rings is 1. The van der Waals surface area contributed by atoms with E-state index in [1.807, 2.05) is 54.4 Å². The van der Waals surface area contributed by atoms with Gasteiger partial charge in [0.05, 0.1) is 23.4 Å². The van der Waals surface area contributed by atoms with E-state index in [-0.39, 0.29) is 18.0 Å². The Bertz CT molecular complexity index is 1500. The van der Waals surface area contributed by atoms with Crippen LogP contribution in [0.4, 0.5) is 21.6 Å². The van der Waals surface area contributed by atoms with Crippen LogP contribution in [0.3, 0.4) is 0 Å². The van der Waals surface area contributed by atoms with Crippen LogP contribution in [0.25, 0.3) is 10.9 Å². The Hall–Kier alpha value is -3.99. The Balaban J connectivity index is 1.44. The average molecular weight is 561 g/mol. The summed E-state index contributed by atoms with van der Waals surface area (Å²) in [6.07, 6.45) is 0.179. The molecule has 3 aromatic carbocycles. The van der Waals surface area contributed by atoms with Crippen LogP contribution in [0.1, 0.15) is 21.5 Å². The summed E-state index contributed by atoms with van der Waals surface area (Å²) in [6.45, 7) is 4.11. The minimum absolute atomic E-state index is 0.263. The third-order valence-corrected chi connectivity index (χ3v) is 7.64. The molecule has 1 aliphatic rings. The van der Waals surface area contributed by atoms with Gasteiger partial charge < -0.3 is 29.5 Å². The number of carbonyl (C=O) groups is 1. The molecule has 10 heteroatoms. The molecule has 0 aliphatic carbocycles. The molecule has 0 spiro atoms. The molecular formula is C31H37FN6O3. The van der Waals surface area contributed by atoms with Gasteiger partial charge in [0.25, 0.3) is 5.91 Å². The van der Waals surface area contributed by atoms with Gasteiger partial charge >= 0.3 is 0 Å². The van der Waals surface area contributed by atoms with Gasteiger partial charge in [-0.3, -0.25) is 9.89 Å². The van der Waals surface area contributed by atoms with Gasteiger partial charge in [0, 0.05) is 58.5 Å². The quantitative estimate of drug-likeness (QED) is 0.279. The molecule has 1 fully saturated rings. The van der Waals surface area contributed by atoms with Crippen molar-refractivity contribution in [3.63, 3.8) is 0 Å². The van der Waals surface area contributed by atoms with Crippen LogP contribution in [-0.4, -0.2) is 88.3 Å². The molecule has 2 N–H and O–H groups in total. The van der Waals surface area contributed by atoms with E-state index in [9.17, 15) is 9.18 Å². The number of hydrogen-bond acceptors (Lipinski definition) is 7. The second-order valence-corrected chi connectivity index (χ2v) is 10.5. The fourth-order valence-electron chi connectivity index (χ4n) is 5.22. The number of rotatable bonds is 10. The number of nitrogens with one attached hydrogen (secondary N) is 2. The van der Waals surface area contributed by atoms with Crippen molar-refractivity contribution in [1.29, 1.82) is 0 Å². The van der Waals surface area contributed by atoms with Gasteiger partial charge in [-0.15, -0.1) is 0 Å². The number of ether oxygens (including phenoxy) is 2. The molecule has 216 valence electrons. The van der Waals surface area contributed by atoms with Gasteiger partial charge in [-0.25, -0.2) is 4.39 Å². The fourth-order valence-corrected chi connectivity index (χ4v) is 5.22. The second kappa shape index (κ2) is 12.7. The minimum atomic E-state index is -0.383. The molecule has 0 radical (unpaired) electrons. The van der Waals surface area contributed by atoms with Crippen molar-refractivity contribution < 1.29 is 18.7 Å². The zero-order valence-electron chi connectivity index (χ0n) is 24.0. The number of amides is 1. The summed E-state index contributed by atoms with van der Waals surface area (Å²) in [5.41, 5.74) is 4.93. The first kappa shape index (κ1) is 28.5. The number of anilines is 3. The van der Waals surface area contributed by atoms with Crippen LogP contribution in [0.15, 0.2) is 60.7 Å². The summed E-state index contributed by atoms with van der Waals surface area (Å²) in [7, 11) is 7.28. The molecule has 1 amide bonds. The van der Waals surface area contributed by atoms with Crippen molar-refractivity contribution in [3.05, 3.63) is 83.2 Å².